The second-order valence-electron chi connectivity index (χ2n) is 7.46. The third-order valence-corrected chi connectivity index (χ3v) is 5.74. The number of ether oxygens (including phenoxy) is 1. The van der Waals surface area contributed by atoms with Crippen molar-refractivity contribution in [1.82, 2.24) is 9.47 Å². The number of rotatable bonds is 6. The maximum atomic E-state index is 13.0. The van der Waals surface area contributed by atoms with Crippen LogP contribution in [0.3, 0.4) is 0 Å². The van der Waals surface area contributed by atoms with Crippen LogP contribution >= 0.6 is 0 Å². The molecule has 140 valence electrons. The first-order valence-electron chi connectivity index (χ1n) is 9.52. The van der Waals surface area contributed by atoms with E-state index in [4.69, 9.17) is 4.74 Å². The van der Waals surface area contributed by atoms with Crippen molar-refractivity contribution in [2.24, 2.45) is 0 Å². The van der Waals surface area contributed by atoms with E-state index in [1.165, 1.54) is 0 Å². The zero-order chi connectivity index (χ0) is 18.7. The van der Waals surface area contributed by atoms with Gasteiger partial charge in [0.05, 0.1) is 12.6 Å². The number of aromatic nitrogens is 1. The molecule has 4 heteroatoms. The van der Waals surface area contributed by atoms with Gasteiger partial charge in [0.15, 0.2) is 5.78 Å². The molecule has 1 aliphatic rings. The summed E-state index contributed by atoms with van der Waals surface area (Å²) < 4.78 is 7.62. The molecule has 26 heavy (non-hydrogen) atoms. The summed E-state index contributed by atoms with van der Waals surface area (Å²) in [5.41, 5.74) is 4.06. The molecule has 0 radical (unpaired) electrons. The summed E-state index contributed by atoms with van der Waals surface area (Å²) in [5.74, 6) is 0.205. The van der Waals surface area contributed by atoms with E-state index in [2.05, 4.69) is 35.6 Å². The Morgan fingerprint density at radius 2 is 1.81 bits per heavy atom. The summed E-state index contributed by atoms with van der Waals surface area (Å²) in [4.78, 5) is 15.2. The highest BCUT2D eigenvalue weighted by Gasteiger charge is 2.26. The lowest BCUT2D eigenvalue weighted by molar-refractivity contribution is 0.0435. The topological polar surface area (TPSA) is 34.5 Å². The van der Waals surface area contributed by atoms with Crippen LogP contribution in [0.1, 0.15) is 47.4 Å². The van der Waals surface area contributed by atoms with Crippen LogP contribution in [0, 0.1) is 13.8 Å². The summed E-state index contributed by atoms with van der Waals surface area (Å²) in [7, 11) is 3.87. The largest absolute Gasteiger partial charge is 0.381 e. The highest BCUT2D eigenvalue weighted by molar-refractivity contribution is 5.99. The number of hydrogen-bond donors (Lipinski definition) is 0. The van der Waals surface area contributed by atoms with Gasteiger partial charge in [-0.05, 0) is 64.8 Å². The lowest BCUT2D eigenvalue weighted by Crippen LogP contribution is -2.39. The van der Waals surface area contributed by atoms with E-state index in [1.54, 1.807) is 7.11 Å². The molecule has 2 aromatic rings. The Kier molecular flexibility index (Phi) is 5.94. The summed E-state index contributed by atoms with van der Waals surface area (Å²) >= 11 is 0. The van der Waals surface area contributed by atoms with Gasteiger partial charge in [-0.15, -0.1) is 0 Å². The number of nitrogens with zero attached hydrogens (tertiary/aromatic N) is 2. The molecule has 3 rings (SSSR count). The van der Waals surface area contributed by atoms with Crippen molar-refractivity contribution in [3.63, 3.8) is 0 Å². The maximum absolute atomic E-state index is 13.0. The van der Waals surface area contributed by atoms with Gasteiger partial charge in [-0.3, -0.25) is 9.69 Å². The fourth-order valence-electron chi connectivity index (χ4n) is 4.18. The standard InChI is InChI=1S/C22H30N2O2/c1-16-14-21(17(2)24(16)19-8-6-5-7-9-19)22(25)15-23(3)18-10-12-20(26-4)13-11-18/h5-9,14,18,20H,10-13,15H2,1-4H3. The fourth-order valence-corrected chi connectivity index (χ4v) is 4.18. The molecule has 1 fully saturated rings. The SMILES string of the molecule is COC1CCC(N(C)CC(=O)c2cc(C)n(-c3ccccc3)c2C)CC1. The normalized spacial score (nSPS) is 20.5. The molecule has 0 amide bonds. The summed E-state index contributed by atoms with van der Waals surface area (Å²) in [6.07, 6.45) is 4.77. The van der Waals surface area contributed by atoms with Crippen LogP contribution in [0.15, 0.2) is 36.4 Å². The van der Waals surface area contributed by atoms with Crippen molar-refractivity contribution >= 4 is 5.78 Å². The number of carbonyl (C=O) groups excluding carboxylic acids is 1. The van der Waals surface area contributed by atoms with Crippen LogP contribution in [-0.4, -0.2) is 48.1 Å². The zero-order valence-corrected chi connectivity index (χ0v) is 16.4. The van der Waals surface area contributed by atoms with Crippen LogP contribution in [0.25, 0.3) is 5.69 Å². The van der Waals surface area contributed by atoms with Crippen LogP contribution in [0.2, 0.25) is 0 Å². The van der Waals surface area contributed by atoms with Crippen molar-refractivity contribution < 1.29 is 9.53 Å². The van der Waals surface area contributed by atoms with Crippen LogP contribution in [0.4, 0.5) is 0 Å². The number of aryl methyl sites for hydroxylation is 1. The van der Waals surface area contributed by atoms with Crippen molar-refractivity contribution in [3.8, 4) is 5.69 Å². The van der Waals surface area contributed by atoms with Crippen molar-refractivity contribution in [3.05, 3.63) is 53.3 Å². The Hall–Kier alpha value is -1.91. The molecule has 1 aromatic carbocycles. The van der Waals surface area contributed by atoms with Crippen LogP contribution < -0.4 is 0 Å². The first-order chi connectivity index (χ1) is 12.5. The predicted octanol–water partition coefficient (Wildman–Crippen LogP) is 4.17. The van der Waals surface area contributed by atoms with E-state index in [0.717, 1.165) is 48.3 Å². The summed E-state index contributed by atoms with van der Waals surface area (Å²) in [6.45, 7) is 4.57. The van der Waals surface area contributed by atoms with Gasteiger partial charge in [0.25, 0.3) is 0 Å². The predicted molar refractivity (Wildman–Crippen MR) is 105 cm³/mol. The molecule has 0 atom stereocenters. The number of benzene rings is 1. The lowest BCUT2D eigenvalue weighted by atomic mass is 9.92. The van der Waals surface area contributed by atoms with Crippen LogP contribution in [0.5, 0.6) is 0 Å². The molecule has 1 saturated carbocycles. The molecule has 1 heterocycles. The second kappa shape index (κ2) is 8.19. The van der Waals surface area contributed by atoms with Crippen molar-refractivity contribution in [2.45, 2.75) is 51.7 Å². The molecular weight excluding hydrogens is 324 g/mol. The van der Waals surface area contributed by atoms with Crippen LogP contribution in [-0.2, 0) is 4.74 Å². The number of Topliss-reactive ketones (excluding diaryl/α,β-unsaturated/α-hetero) is 1. The summed E-state index contributed by atoms with van der Waals surface area (Å²) in [6, 6.07) is 12.7. The average Bonchev–Trinajstić information content (AvgIpc) is 2.96. The first kappa shape index (κ1) is 18.9. The Balaban J connectivity index is 1.71. The number of methoxy groups -OCH3 is 1. The Morgan fingerprint density at radius 1 is 1.15 bits per heavy atom. The summed E-state index contributed by atoms with van der Waals surface area (Å²) in [5, 5.41) is 0. The van der Waals surface area contributed by atoms with Crippen molar-refractivity contribution in [1.29, 1.82) is 0 Å². The lowest BCUT2D eigenvalue weighted by Gasteiger charge is -2.33. The van der Waals surface area contributed by atoms with Gasteiger partial charge in [0.1, 0.15) is 0 Å². The maximum Gasteiger partial charge on any atom is 0.178 e. The van der Waals surface area contributed by atoms with E-state index in [-0.39, 0.29) is 5.78 Å². The second-order valence-corrected chi connectivity index (χ2v) is 7.46. The minimum atomic E-state index is 0.205. The molecular formula is C22H30N2O2. The third kappa shape index (κ3) is 3.92. The van der Waals surface area contributed by atoms with Gasteiger partial charge in [-0.2, -0.15) is 0 Å². The quantitative estimate of drug-likeness (QED) is 0.730. The number of para-hydroxylation sites is 1. The zero-order valence-electron chi connectivity index (χ0n) is 16.4. The van der Waals surface area contributed by atoms with Crippen molar-refractivity contribution in [2.75, 3.05) is 20.7 Å². The molecule has 0 aliphatic heterocycles. The molecule has 0 spiro atoms. The molecule has 0 saturated heterocycles. The highest BCUT2D eigenvalue weighted by Crippen LogP contribution is 2.25. The fraction of sp³-hybridized carbons (Fsp3) is 0.500. The molecule has 1 aromatic heterocycles. The highest BCUT2D eigenvalue weighted by atomic mass is 16.5. The number of likely N-dealkylation sites (N-methyl/N-ethyl adjacent to an activating group) is 1. The van der Waals surface area contributed by atoms with E-state index in [9.17, 15) is 4.79 Å². The minimum Gasteiger partial charge on any atom is -0.381 e. The average molecular weight is 354 g/mol. The van der Waals surface area contributed by atoms with E-state index in [1.807, 2.05) is 31.2 Å². The Morgan fingerprint density at radius 3 is 2.42 bits per heavy atom. The molecule has 0 N–H and O–H groups in total. The molecule has 0 bridgehead atoms. The number of carbonyl (C=O) groups is 1. The van der Waals surface area contributed by atoms with Gasteiger partial charge < -0.3 is 9.30 Å². The third-order valence-electron chi connectivity index (χ3n) is 5.74. The van der Waals surface area contributed by atoms with Gasteiger partial charge in [0.2, 0.25) is 0 Å². The number of hydrogen-bond acceptors (Lipinski definition) is 3. The Bertz CT molecular complexity index is 743. The first-order valence-corrected chi connectivity index (χ1v) is 9.52. The van der Waals surface area contributed by atoms with Gasteiger partial charge in [0, 0.05) is 35.8 Å². The Labute approximate surface area is 156 Å². The van der Waals surface area contributed by atoms with E-state index in [0.29, 0.717) is 18.7 Å². The molecule has 4 nitrogen and oxygen atoms in total. The minimum absolute atomic E-state index is 0.205. The van der Waals surface area contributed by atoms with Gasteiger partial charge in [-0.25, -0.2) is 0 Å². The molecule has 0 unspecified atom stereocenters. The van der Waals surface area contributed by atoms with E-state index >= 15 is 0 Å². The van der Waals surface area contributed by atoms with E-state index < -0.39 is 0 Å². The van der Waals surface area contributed by atoms with Gasteiger partial charge >= 0.3 is 0 Å². The molecule has 1 aliphatic carbocycles. The number of ketones is 1. The van der Waals surface area contributed by atoms with Gasteiger partial charge in [-0.1, -0.05) is 18.2 Å². The monoisotopic (exact) mass is 354 g/mol. The smallest absolute Gasteiger partial charge is 0.178 e.